The fourth-order valence-electron chi connectivity index (χ4n) is 1.49. The van der Waals surface area contributed by atoms with E-state index in [9.17, 15) is 9.59 Å². The Morgan fingerprint density at radius 3 is 2.65 bits per heavy atom. The number of benzene rings is 1. The second kappa shape index (κ2) is 8.43. The summed E-state index contributed by atoms with van der Waals surface area (Å²) >= 11 is 6.00. The summed E-state index contributed by atoms with van der Waals surface area (Å²) in [6.45, 7) is 2.48. The molecule has 0 aliphatic heterocycles. The number of hydrogen-bond acceptors (Lipinski definition) is 5. The van der Waals surface area contributed by atoms with E-state index in [-0.39, 0.29) is 5.97 Å². The van der Waals surface area contributed by atoms with Crippen LogP contribution in [0.2, 0.25) is 5.02 Å². The summed E-state index contributed by atoms with van der Waals surface area (Å²) in [7, 11) is 1.30. The van der Waals surface area contributed by atoms with Crippen LogP contribution in [0.15, 0.2) is 18.2 Å². The minimum atomic E-state index is -0.458. The molecular formula is C14H17ClO5. The molecule has 1 rings (SSSR count). The summed E-state index contributed by atoms with van der Waals surface area (Å²) < 4.78 is 14.8. The number of carbonyl (C=O) groups excluding carboxylic acids is 2. The van der Waals surface area contributed by atoms with Crippen molar-refractivity contribution in [3.8, 4) is 5.75 Å². The summed E-state index contributed by atoms with van der Waals surface area (Å²) in [5, 5.41) is 0.323. The average molecular weight is 301 g/mol. The van der Waals surface area contributed by atoms with Gasteiger partial charge in [0.2, 0.25) is 0 Å². The largest absolute Gasteiger partial charge is 0.492 e. The second-order valence-corrected chi connectivity index (χ2v) is 4.30. The lowest BCUT2D eigenvalue weighted by atomic mass is 10.2. The Kier molecular flexibility index (Phi) is 6.87. The Balaban J connectivity index is 2.45. The van der Waals surface area contributed by atoms with Gasteiger partial charge in [-0.15, -0.1) is 0 Å². The lowest BCUT2D eigenvalue weighted by Crippen LogP contribution is -2.07. The zero-order chi connectivity index (χ0) is 15.0. The second-order valence-electron chi connectivity index (χ2n) is 3.89. The molecule has 0 spiro atoms. The number of hydrogen-bond donors (Lipinski definition) is 0. The molecule has 0 bridgehead atoms. The molecule has 0 aliphatic rings. The number of carbonyl (C=O) groups is 2. The van der Waals surface area contributed by atoms with E-state index in [0.29, 0.717) is 42.4 Å². The maximum absolute atomic E-state index is 11.3. The van der Waals surface area contributed by atoms with E-state index >= 15 is 0 Å². The van der Waals surface area contributed by atoms with Crippen LogP contribution in [0.3, 0.4) is 0 Å². The van der Waals surface area contributed by atoms with E-state index in [2.05, 4.69) is 4.74 Å². The maximum atomic E-state index is 11.3. The molecule has 0 radical (unpaired) electrons. The average Bonchev–Trinajstić information content (AvgIpc) is 2.44. The molecular weight excluding hydrogens is 284 g/mol. The van der Waals surface area contributed by atoms with Gasteiger partial charge in [-0.2, -0.15) is 0 Å². The molecule has 0 N–H and O–H groups in total. The highest BCUT2D eigenvalue weighted by Crippen LogP contribution is 2.26. The van der Waals surface area contributed by atoms with E-state index in [1.807, 2.05) is 0 Å². The van der Waals surface area contributed by atoms with Crippen molar-refractivity contribution in [3.63, 3.8) is 0 Å². The van der Waals surface area contributed by atoms with Gasteiger partial charge in [0.15, 0.2) is 0 Å². The quantitative estimate of drug-likeness (QED) is 0.572. The van der Waals surface area contributed by atoms with Crippen LogP contribution in [0.4, 0.5) is 0 Å². The Bertz CT molecular complexity index is 473. The first-order chi connectivity index (χ1) is 9.58. The zero-order valence-corrected chi connectivity index (χ0v) is 12.2. The molecule has 0 unspecified atom stereocenters. The van der Waals surface area contributed by atoms with Gasteiger partial charge in [0.1, 0.15) is 5.75 Å². The van der Waals surface area contributed by atoms with Crippen molar-refractivity contribution in [1.29, 1.82) is 0 Å². The SMILES string of the molecule is CCOC(=O)CCCOc1ccc(C(=O)OC)cc1Cl. The lowest BCUT2D eigenvalue weighted by molar-refractivity contribution is -0.143. The molecule has 110 valence electrons. The molecule has 20 heavy (non-hydrogen) atoms. The number of halogens is 1. The van der Waals surface area contributed by atoms with Gasteiger partial charge in [0.05, 0.1) is 30.9 Å². The normalized spacial score (nSPS) is 9.95. The predicted molar refractivity (Wildman–Crippen MR) is 74.2 cm³/mol. The fourth-order valence-corrected chi connectivity index (χ4v) is 1.73. The van der Waals surface area contributed by atoms with Gasteiger partial charge in [0, 0.05) is 6.42 Å². The minimum Gasteiger partial charge on any atom is -0.492 e. The van der Waals surface area contributed by atoms with Gasteiger partial charge < -0.3 is 14.2 Å². The Morgan fingerprint density at radius 2 is 2.05 bits per heavy atom. The maximum Gasteiger partial charge on any atom is 0.337 e. The standard InChI is InChI=1S/C14H17ClO5/c1-3-19-13(16)5-4-8-20-12-7-6-10(9-11(12)15)14(17)18-2/h6-7,9H,3-5,8H2,1-2H3. The van der Waals surface area contributed by atoms with E-state index in [0.717, 1.165) is 0 Å². The van der Waals surface area contributed by atoms with Gasteiger partial charge in [-0.3, -0.25) is 4.79 Å². The molecule has 0 aliphatic carbocycles. The first kappa shape index (κ1) is 16.3. The Labute approximate surface area is 122 Å². The van der Waals surface area contributed by atoms with Crippen molar-refractivity contribution in [3.05, 3.63) is 28.8 Å². The number of ether oxygens (including phenoxy) is 3. The first-order valence-electron chi connectivity index (χ1n) is 6.24. The zero-order valence-electron chi connectivity index (χ0n) is 11.5. The monoisotopic (exact) mass is 300 g/mol. The molecule has 0 fully saturated rings. The van der Waals surface area contributed by atoms with Gasteiger partial charge in [-0.1, -0.05) is 11.6 Å². The third-order valence-corrected chi connectivity index (χ3v) is 2.74. The van der Waals surface area contributed by atoms with E-state index in [1.54, 1.807) is 19.1 Å². The number of methoxy groups -OCH3 is 1. The highest BCUT2D eigenvalue weighted by atomic mass is 35.5. The molecule has 1 aromatic carbocycles. The minimum absolute atomic E-state index is 0.247. The van der Waals surface area contributed by atoms with Crippen molar-refractivity contribution >= 4 is 23.5 Å². The summed E-state index contributed by atoms with van der Waals surface area (Å²) in [5.74, 6) is -0.243. The van der Waals surface area contributed by atoms with E-state index in [4.69, 9.17) is 21.1 Å². The summed E-state index contributed by atoms with van der Waals surface area (Å²) in [4.78, 5) is 22.4. The highest BCUT2D eigenvalue weighted by Gasteiger charge is 2.09. The molecule has 0 aromatic heterocycles. The van der Waals surface area contributed by atoms with Gasteiger partial charge in [-0.25, -0.2) is 4.79 Å². The fraction of sp³-hybridized carbons (Fsp3) is 0.429. The lowest BCUT2D eigenvalue weighted by Gasteiger charge is -2.09. The Hall–Kier alpha value is -1.75. The van der Waals surface area contributed by atoms with Crippen molar-refractivity contribution in [2.45, 2.75) is 19.8 Å². The van der Waals surface area contributed by atoms with Crippen LogP contribution in [-0.2, 0) is 14.3 Å². The van der Waals surface area contributed by atoms with Crippen molar-refractivity contribution < 1.29 is 23.8 Å². The van der Waals surface area contributed by atoms with Crippen LogP contribution in [0, 0.1) is 0 Å². The number of esters is 2. The molecule has 5 nitrogen and oxygen atoms in total. The molecule has 0 saturated heterocycles. The first-order valence-corrected chi connectivity index (χ1v) is 6.62. The van der Waals surface area contributed by atoms with Crippen LogP contribution in [-0.4, -0.2) is 32.3 Å². The molecule has 0 heterocycles. The van der Waals surface area contributed by atoms with Crippen molar-refractivity contribution in [1.82, 2.24) is 0 Å². The number of rotatable bonds is 7. The smallest absolute Gasteiger partial charge is 0.337 e. The molecule has 0 amide bonds. The molecule has 0 atom stereocenters. The van der Waals surface area contributed by atoms with Crippen LogP contribution >= 0.6 is 11.6 Å². The van der Waals surface area contributed by atoms with Crippen molar-refractivity contribution in [2.24, 2.45) is 0 Å². The van der Waals surface area contributed by atoms with Gasteiger partial charge in [0.25, 0.3) is 0 Å². The highest BCUT2D eigenvalue weighted by molar-refractivity contribution is 6.32. The predicted octanol–water partition coefficient (Wildman–Crippen LogP) is 2.85. The van der Waals surface area contributed by atoms with Crippen LogP contribution in [0.25, 0.3) is 0 Å². The van der Waals surface area contributed by atoms with Crippen LogP contribution in [0.5, 0.6) is 5.75 Å². The Morgan fingerprint density at radius 1 is 1.30 bits per heavy atom. The van der Waals surface area contributed by atoms with Crippen LogP contribution < -0.4 is 4.74 Å². The summed E-state index contributed by atoms with van der Waals surface area (Å²) in [5.41, 5.74) is 0.358. The van der Waals surface area contributed by atoms with Gasteiger partial charge >= 0.3 is 11.9 Å². The third kappa shape index (κ3) is 5.09. The third-order valence-electron chi connectivity index (χ3n) is 2.44. The van der Waals surface area contributed by atoms with Crippen molar-refractivity contribution in [2.75, 3.05) is 20.3 Å². The topological polar surface area (TPSA) is 61.8 Å². The van der Waals surface area contributed by atoms with Crippen LogP contribution in [0.1, 0.15) is 30.1 Å². The van der Waals surface area contributed by atoms with Gasteiger partial charge in [-0.05, 0) is 31.5 Å². The van der Waals surface area contributed by atoms with E-state index in [1.165, 1.54) is 13.2 Å². The molecule has 1 aromatic rings. The summed E-state index contributed by atoms with van der Waals surface area (Å²) in [6.07, 6.45) is 0.833. The molecule has 0 saturated carbocycles. The summed E-state index contributed by atoms with van der Waals surface area (Å²) in [6, 6.07) is 4.64. The molecule has 6 heteroatoms. The van der Waals surface area contributed by atoms with E-state index < -0.39 is 5.97 Å².